The number of rotatable bonds is 33. The highest BCUT2D eigenvalue weighted by atomic mass is 19.4. The summed E-state index contributed by atoms with van der Waals surface area (Å²) >= 11 is 0. The van der Waals surface area contributed by atoms with Crippen LogP contribution in [0.1, 0.15) is 165 Å². The van der Waals surface area contributed by atoms with Gasteiger partial charge in [-0.1, -0.05) is 125 Å². The van der Waals surface area contributed by atoms with Crippen molar-refractivity contribution in [2.45, 2.75) is 214 Å². The van der Waals surface area contributed by atoms with E-state index in [1.165, 1.54) is 13.8 Å². The first-order valence-electron chi connectivity index (χ1n) is 31.1. The minimum Gasteiger partial charge on any atom is -0.475 e. The average molecular weight is 1280 g/mol. The third-order valence-corrected chi connectivity index (χ3v) is 17.4. The Morgan fingerprint density at radius 3 is 1.64 bits per heavy atom. The first-order valence-corrected chi connectivity index (χ1v) is 31.1. The molecule has 15 atom stereocenters. The summed E-state index contributed by atoms with van der Waals surface area (Å²) in [5.41, 5.74) is 5.19. The van der Waals surface area contributed by atoms with Crippen molar-refractivity contribution in [3.63, 3.8) is 0 Å². The Bertz CT molecular complexity index is 2660. The molecule has 0 aromatic heterocycles. The molecular weight excluding hydrogens is 1180 g/mol. The number of carbonyl (C=O) groups excluding carboxylic acids is 12. The van der Waals surface area contributed by atoms with Gasteiger partial charge in [-0.25, -0.2) is 9.59 Å². The van der Waals surface area contributed by atoms with E-state index < -0.39 is 205 Å². The van der Waals surface area contributed by atoms with Gasteiger partial charge in [0, 0.05) is 49.9 Å². The molecule has 2 fully saturated rings. The Morgan fingerprint density at radius 2 is 1.19 bits per heavy atom. The Balaban J connectivity index is 0.00000371. The number of alkyl halides is 3. The lowest BCUT2D eigenvalue weighted by atomic mass is 9.83. The minimum atomic E-state index is -5.08. The number of hydrogen-bond donors (Lipinski definition) is 10. The van der Waals surface area contributed by atoms with E-state index in [9.17, 15) is 80.9 Å². The summed E-state index contributed by atoms with van der Waals surface area (Å²) in [7, 11) is 0. The zero-order valence-electron chi connectivity index (χ0n) is 53.6. The zero-order valence-corrected chi connectivity index (χ0v) is 53.6. The molecule has 11 N–H and O–H groups in total. The van der Waals surface area contributed by atoms with Gasteiger partial charge in [0.05, 0.1) is 43.2 Å². The fraction of sp³-hybridized carbons (Fsp3) is 0.698. The Kier molecular flexibility index (Phi) is 32.7. The Labute approximate surface area is 524 Å². The molecule has 0 unspecified atom stereocenters. The van der Waals surface area contributed by atoms with E-state index in [-0.39, 0.29) is 24.7 Å². The molecule has 506 valence electrons. The number of halogens is 3. The van der Waals surface area contributed by atoms with Gasteiger partial charge >= 0.3 is 18.1 Å². The van der Waals surface area contributed by atoms with Gasteiger partial charge in [-0.05, 0) is 68.3 Å². The Morgan fingerprint density at radius 1 is 0.689 bits per heavy atom. The molecule has 1 aromatic rings. The summed E-state index contributed by atoms with van der Waals surface area (Å²) in [5, 5.41) is 44.5. The van der Waals surface area contributed by atoms with Crippen molar-refractivity contribution in [2.24, 2.45) is 59.0 Å². The molecule has 24 nitrogen and oxygen atoms in total. The fourth-order valence-corrected chi connectivity index (χ4v) is 10.1. The van der Waals surface area contributed by atoms with E-state index in [2.05, 4.69) is 31.9 Å². The second kappa shape index (κ2) is 37.2. The molecular formula is C63H96F3N7O17. The number of aliphatic hydroxyl groups excluding tert-OH is 2. The molecule has 7 amide bonds. The number of carboxylic acids is 1. The molecule has 1 spiro atoms. The largest absolute Gasteiger partial charge is 0.490 e. The van der Waals surface area contributed by atoms with E-state index in [0.29, 0.717) is 51.4 Å². The number of ether oxygens (including phenoxy) is 1. The van der Waals surface area contributed by atoms with Crippen molar-refractivity contribution in [3.05, 3.63) is 35.9 Å². The minimum absolute atomic E-state index is 0.287. The topological polar surface area (TPSA) is 390 Å². The van der Waals surface area contributed by atoms with Crippen LogP contribution >= 0.6 is 0 Å². The number of nitrogens with one attached hydrogen (secondary N) is 6. The number of amides is 7. The summed E-state index contributed by atoms with van der Waals surface area (Å²) in [6.45, 7) is 17.1. The van der Waals surface area contributed by atoms with Gasteiger partial charge in [-0.15, -0.1) is 0 Å². The molecule has 90 heavy (non-hydrogen) atoms. The number of carboxylic acid groups (broad SMARTS) is 1. The number of carbonyl (C=O) groups is 13. The van der Waals surface area contributed by atoms with Crippen LogP contribution in [0, 0.1) is 53.3 Å². The number of aliphatic hydroxyl groups is 2. The smallest absolute Gasteiger partial charge is 0.475 e. The molecule has 0 bridgehead atoms. The maximum absolute atomic E-state index is 14.5. The third-order valence-electron chi connectivity index (χ3n) is 17.4. The van der Waals surface area contributed by atoms with Gasteiger partial charge in [-0.2, -0.15) is 13.2 Å². The lowest BCUT2D eigenvalue weighted by Crippen LogP contribution is -2.56. The van der Waals surface area contributed by atoms with Gasteiger partial charge in [0.2, 0.25) is 41.4 Å². The number of esters is 1. The third kappa shape index (κ3) is 24.2. The number of nitrogens with two attached hydrogens (primary N) is 1. The van der Waals surface area contributed by atoms with Crippen LogP contribution in [0.5, 0.6) is 0 Å². The van der Waals surface area contributed by atoms with Gasteiger partial charge in [0.15, 0.2) is 23.1 Å². The standard InChI is InChI=1S/C61H95N7O15.C2HF3O2/c1-12-33(6)43(30-45(71)44(22-23-49(62)75)63-56(78)41(31-69)28-47(73)50(34(7)13-2)64-55(77)40(16-5)27-39-20-18-17-19-21-39)58(80)65-51(35(8)14-3)48(74)29-42(32-70)57(79)66-53-38(11)83-59(81)52(36(9)15-4)67-60(82)61(24-25-61)68-54(76)37(10)26-46(53)72;3-2(4,5)1(6)7/h17-21,33-38,40-44,50-53,69-70H,12-16,22-32H2,1-11H3,(H2,62,75)(H,63,78)(H,64,77)(H,65,80)(H,66,79)(H,67,82)(H,68,76);(H,6,7)/t33-,34-,35-,36-,37+,38-,40+,41-,42-,43+,44+,50-,51-,52-,53+;/m0./s1. The molecule has 1 heterocycles. The van der Waals surface area contributed by atoms with Crippen LogP contribution in [0.15, 0.2) is 30.3 Å². The highest BCUT2D eigenvalue weighted by Gasteiger charge is 2.53. The van der Waals surface area contributed by atoms with Crippen LogP contribution in [0.4, 0.5) is 13.2 Å². The van der Waals surface area contributed by atoms with Crippen LogP contribution in [0.25, 0.3) is 0 Å². The van der Waals surface area contributed by atoms with Crippen molar-refractivity contribution >= 4 is 76.4 Å². The summed E-state index contributed by atoms with van der Waals surface area (Å²) in [6, 6.07) is 3.04. The number of hydrogen-bond acceptors (Lipinski definition) is 16. The number of ketones is 4. The number of benzene rings is 1. The van der Waals surface area contributed by atoms with Gasteiger partial charge in [-0.3, -0.25) is 52.7 Å². The van der Waals surface area contributed by atoms with Crippen LogP contribution in [-0.4, -0.2) is 153 Å². The SMILES string of the molecule is CC[C@H](Cc1ccccc1)C(=O)N[C@H](C(=O)C[C@@H](CO)C(=O)N[C@H](CCC(N)=O)C(=O)C[C@@H](C(=O)N[C@H](C(=O)C[C@@H](CO)C(=O)N[C@H]1C(=O)C[C@@H](C)C(=O)NC2(CC2)C(=O)N[C@@H]([C@@H](C)CC)C(=O)O[C@H]1C)[C@@H](C)CC)[C@@H](C)CC)[C@@H](C)CC.O=C(O)C(F)(F)F. The lowest BCUT2D eigenvalue weighted by Gasteiger charge is -2.30. The lowest BCUT2D eigenvalue weighted by molar-refractivity contribution is -0.192. The number of primary amides is 1. The van der Waals surface area contributed by atoms with E-state index in [4.69, 9.17) is 20.4 Å². The number of Topliss-reactive ketones (excluding diaryl/α,β-unsaturated/α-hetero) is 4. The fourth-order valence-electron chi connectivity index (χ4n) is 10.1. The van der Waals surface area contributed by atoms with Gasteiger partial charge < -0.3 is 57.7 Å². The first kappa shape index (κ1) is 78.9. The van der Waals surface area contributed by atoms with Crippen molar-refractivity contribution < 1.29 is 95.6 Å². The van der Waals surface area contributed by atoms with E-state index in [1.807, 2.05) is 44.2 Å². The van der Waals surface area contributed by atoms with Crippen LogP contribution in [0.2, 0.25) is 0 Å². The van der Waals surface area contributed by atoms with Crippen LogP contribution in [0.3, 0.4) is 0 Å². The van der Waals surface area contributed by atoms with Crippen LogP contribution < -0.4 is 37.6 Å². The number of aliphatic carboxylic acids is 1. The van der Waals surface area contributed by atoms with Gasteiger partial charge in [0.1, 0.15) is 23.7 Å². The summed E-state index contributed by atoms with van der Waals surface area (Å²) < 4.78 is 37.5. The predicted molar refractivity (Wildman–Crippen MR) is 321 cm³/mol. The molecule has 1 saturated heterocycles. The molecule has 1 aromatic carbocycles. The summed E-state index contributed by atoms with van der Waals surface area (Å²) in [6.07, 6.45) is -5.90. The highest BCUT2D eigenvalue weighted by Crippen LogP contribution is 2.37. The predicted octanol–water partition coefficient (Wildman–Crippen LogP) is 3.66. The zero-order chi connectivity index (χ0) is 68.5. The molecule has 0 radical (unpaired) electrons. The van der Waals surface area contributed by atoms with Crippen molar-refractivity contribution in [2.75, 3.05) is 13.2 Å². The van der Waals surface area contributed by atoms with E-state index in [0.717, 1.165) is 5.56 Å². The normalized spacial score (nSPS) is 21.3. The molecule has 1 aliphatic carbocycles. The summed E-state index contributed by atoms with van der Waals surface area (Å²) in [5.74, 6) is -18.3. The van der Waals surface area contributed by atoms with E-state index in [1.54, 1.807) is 48.5 Å². The van der Waals surface area contributed by atoms with Crippen molar-refractivity contribution in [1.29, 1.82) is 0 Å². The quantitative estimate of drug-likeness (QED) is 0.0449. The molecule has 3 rings (SSSR count). The monoisotopic (exact) mass is 1280 g/mol. The second-order valence-corrected chi connectivity index (χ2v) is 24.3. The Hall–Kier alpha value is -7.16. The van der Waals surface area contributed by atoms with Crippen molar-refractivity contribution in [1.82, 2.24) is 31.9 Å². The second-order valence-electron chi connectivity index (χ2n) is 24.3. The highest BCUT2D eigenvalue weighted by molar-refractivity contribution is 6.00. The van der Waals surface area contributed by atoms with Gasteiger partial charge in [0.25, 0.3) is 0 Å². The molecule has 1 saturated carbocycles. The van der Waals surface area contributed by atoms with Crippen LogP contribution in [-0.2, 0) is 73.5 Å². The number of cyclic esters (lactones) is 1. The molecule has 1 aliphatic heterocycles. The first-order chi connectivity index (χ1) is 42.1. The van der Waals surface area contributed by atoms with E-state index >= 15 is 0 Å². The average Bonchev–Trinajstić information content (AvgIpc) is 1.67. The molecule has 2 aliphatic rings. The summed E-state index contributed by atoms with van der Waals surface area (Å²) in [4.78, 5) is 174. The molecule has 27 heteroatoms. The maximum Gasteiger partial charge on any atom is 0.490 e. The van der Waals surface area contributed by atoms with Crippen molar-refractivity contribution in [3.8, 4) is 0 Å². The maximum atomic E-state index is 14.5.